The van der Waals surface area contributed by atoms with Crippen LogP contribution >= 0.6 is 0 Å². The summed E-state index contributed by atoms with van der Waals surface area (Å²) in [6.07, 6.45) is 2.01. The van der Waals surface area contributed by atoms with Crippen LogP contribution in [0.3, 0.4) is 0 Å². The lowest BCUT2D eigenvalue weighted by molar-refractivity contribution is -0.133. The minimum absolute atomic E-state index is 0.192. The fourth-order valence-electron chi connectivity index (χ4n) is 1.41. The second-order valence-corrected chi connectivity index (χ2v) is 6.17. The molecule has 7 heteroatoms. The molecule has 1 amide bonds. The zero-order chi connectivity index (χ0) is 15.0. The van der Waals surface area contributed by atoms with Gasteiger partial charge in [-0.2, -0.15) is 0 Å². The van der Waals surface area contributed by atoms with Gasteiger partial charge in [-0.25, -0.2) is 13.9 Å². The number of benzene rings is 1. The number of nitrogens with one attached hydrogen (secondary N) is 1. The lowest BCUT2D eigenvalue weighted by atomic mass is 10.3. The molecular formula is C13H19NO5S. The van der Waals surface area contributed by atoms with Crippen LogP contribution in [0.5, 0.6) is 5.75 Å². The summed E-state index contributed by atoms with van der Waals surface area (Å²) < 4.78 is 28.0. The Kier molecular flexibility index (Phi) is 6.47. The van der Waals surface area contributed by atoms with E-state index in [1.807, 2.05) is 0 Å². The average Bonchev–Trinajstić information content (AvgIpc) is 2.41. The topological polar surface area (TPSA) is 81.7 Å². The van der Waals surface area contributed by atoms with E-state index in [1.165, 1.54) is 12.1 Å². The molecule has 0 saturated carbocycles. The highest BCUT2D eigenvalue weighted by molar-refractivity contribution is 7.90. The number of hydrogen-bond donors (Lipinski definition) is 1. The van der Waals surface area contributed by atoms with E-state index in [-0.39, 0.29) is 10.8 Å². The van der Waals surface area contributed by atoms with E-state index in [0.717, 1.165) is 6.26 Å². The van der Waals surface area contributed by atoms with Gasteiger partial charge in [0, 0.05) is 12.7 Å². The summed E-state index contributed by atoms with van der Waals surface area (Å²) >= 11 is 0. The van der Waals surface area contributed by atoms with Crippen LogP contribution in [0, 0.1) is 0 Å². The van der Waals surface area contributed by atoms with Crippen LogP contribution in [-0.4, -0.2) is 33.8 Å². The standard InChI is InChI=1S/C13H19NO5S/c1-3-19-14-13(15)5-4-10-18-11-6-8-12(9-7-11)20(2,16)17/h6-9H,3-5,10H2,1-2H3,(H,14,15). The third-order valence-electron chi connectivity index (χ3n) is 2.40. The first-order valence-electron chi connectivity index (χ1n) is 6.27. The summed E-state index contributed by atoms with van der Waals surface area (Å²) in [6.45, 7) is 2.58. The van der Waals surface area contributed by atoms with Crippen molar-refractivity contribution in [2.75, 3.05) is 19.5 Å². The van der Waals surface area contributed by atoms with E-state index in [1.54, 1.807) is 19.1 Å². The van der Waals surface area contributed by atoms with Crippen LogP contribution < -0.4 is 10.2 Å². The van der Waals surface area contributed by atoms with Gasteiger partial charge in [-0.1, -0.05) is 0 Å². The molecule has 6 nitrogen and oxygen atoms in total. The van der Waals surface area contributed by atoms with Crippen molar-refractivity contribution in [2.24, 2.45) is 0 Å². The molecule has 0 atom stereocenters. The molecule has 1 rings (SSSR count). The number of hydroxylamine groups is 1. The fraction of sp³-hybridized carbons (Fsp3) is 0.462. The van der Waals surface area contributed by atoms with Crippen LogP contribution in [-0.2, 0) is 19.5 Å². The predicted molar refractivity (Wildman–Crippen MR) is 74.0 cm³/mol. The van der Waals surface area contributed by atoms with Gasteiger partial charge < -0.3 is 4.74 Å². The molecule has 0 spiro atoms. The summed E-state index contributed by atoms with van der Waals surface area (Å²) in [4.78, 5) is 16.2. The Morgan fingerprint density at radius 3 is 2.45 bits per heavy atom. The van der Waals surface area contributed by atoms with Gasteiger partial charge >= 0.3 is 0 Å². The molecule has 0 aromatic heterocycles. The lowest BCUT2D eigenvalue weighted by Crippen LogP contribution is -2.23. The maximum Gasteiger partial charge on any atom is 0.243 e. The molecule has 0 aliphatic rings. The Balaban J connectivity index is 2.31. The van der Waals surface area contributed by atoms with Crippen molar-refractivity contribution in [3.8, 4) is 5.75 Å². The number of hydrogen-bond acceptors (Lipinski definition) is 5. The van der Waals surface area contributed by atoms with Crippen molar-refractivity contribution >= 4 is 15.7 Å². The summed E-state index contributed by atoms with van der Waals surface area (Å²) in [6, 6.07) is 6.17. The van der Waals surface area contributed by atoms with E-state index in [4.69, 9.17) is 9.57 Å². The zero-order valence-corrected chi connectivity index (χ0v) is 12.4. The fourth-order valence-corrected chi connectivity index (χ4v) is 2.04. The van der Waals surface area contributed by atoms with E-state index in [0.29, 0.717) is 31.8 Å². The highest BCUT2D eigenvalue weighted by Crippen LogP contribution is 2.16. The van der Waals surface area contributed by atoms with E-state index < -0.39 is 9.84 Å². The SMILES string of the molecule is CCONC(=O)CCCOc1ccc(S(C)(=O)=O)cc1. The monoisotopic (exact) mass is 301 g/mol. The summed E-state index contributed by atoms with van der Waals surface area (Å²) in [7, 11) is -3.19. The van der Waals surface area contributed by atoms with Gasteiger partial charge in [-0.05, 0) is 37.6 Å². The van der Waals surface area contributed by atoms with Crippen molar-refractivity contribution in [2.45, 2.75) is 24.7 Å². The summed E-state index contributed by atoms with van der Waals surface area (Å²) in [5.41, 5.74) is 2.29. The Morgan fingerprint density at radius 2 is 1.90 bits per heavy atom. The number of carbonyl (C=O) groups excluding carboxylic acids is 1. The molecule has 0 saturated heterocycles. The third-order valence-corrected chi connectivity index (χ3v) is 3.53. The second kappa shape index (κ2) is 7.86. The first kappa shape index (κ1) is 16.5. The Labute approximate surface area is 119 Å². The van der Waals surface area contributed by atoms with Crippen molar-refractivity contribution in [3.05, 3.63) is 24.3 Å². The van der Waals surface area contributed by atoms with Crippen molar-refractivity contribution < 1.29 is 22.8 Å². The van der Waals surface area contributed by atoms with Gasteiger partial charge in [0.25, 0.3) is 0 Å². The van der Waals surface area contributed by atoms with Crippen LogP contribution in [0.4, 0.5) is 0 Å². The lowest BCUT2D eigenvalue weighted by Gasteiger charge is -2.07. The molecule has 1 aromatic rings. The minimum atomic E-state index is -3.19. The molecule has 0 unspecified atom stereocenters. The Hall–Kier alpha value is -1.60. The molecule has 0 radical (unpaired) electrons. The van der Waals surface area contributed by atoms with Crippen molar-refractivity contribution in [1.82, 2.24) is 5.48 Å². The van der Waals surface area contributed by atoms with E-state index in [9.17, 15) is 13.2 Å². The van der Waals surface area contributed by atoms with Crippen LogP contribution in [0.1, 0.15) is 19.8 Å². The maximum atomic E-state index is 11.3. The number of carbonyl (C=O) groups is 1. The predicted octanol–water partition coefficient (Wildman–Crippen LogP) is 1.32. The molecule has 0 aliphatic carbocycles. The minimum Gasteiger partial charge on any atom is -0.494 e. The number of sulfone groups is 1. The van der Waals surface area contributed by atoms with E-state index in [2.05, 4.69) is 5.48 Å². The highest BCUT2D eigenvalue weighted by Gasteiger charge is 2.06. The normalized spacial score (nSPS) is 11.1. The van der Waals surface area contributed by atoms with Gasteiger partial charge in [0.05, 0.1) is 18.1 Å². The van der Waals surface area contributed by atoms with Gasteiger partial charge in [0.1, 0.15) is 5.75 Å². The van der Waals surface area contributed by atoms with Gasteiger partial charge in [-0.15, -0.1) is 0 Å². The maximum absolute atomic E-state index is 11.3. The molecule has 112 valence electrons. The quantitative estimate of drug-likeness (QED) is 0.578. The molecule has 0 bridgehead atoms. The van der Waals surface area contributed by atoms with Gasteiger partial charge in [0.2, 0.25) is 5.91 Å². The highest BCUT2D eigenvalue weighted by atomic mass is 32.2. The molecule has 0 fully saturated rings. The molecule has 1 aromatic carbocycles. The second-order valence-electron chi connectivity index (χ2n) is 4.15. The average molecular weight is 301 g/mol. The molecule has 1 N–H and O–H groups in total. The van der Waals surface area contributed by atoms with Crippen LogP contribution in [0.15, 0.2) is 29.2 Å². The Morgan fingerprint density at radius 1 is 1.25 bits per heavy atom. The summed E-state index contributed by atoms with van der Waals surface area (Å²) in [5.74, 6) is 0.380. The molecular weight excluding hydrogens is 282 g/mol. The van der Waals surface area contributed by atoms with Gasteiger partial charge in [0.15, 0.2) is 9.84 Å². The molecule has 20 heavy (non-hydrogen) atoms. The number of rotatable bonds is 8. The zero-order valence-electron chi connectivity index (χ0n) is 11.6. The Bertz CT molecular complexity index is 524. The van der Waals surface area contributed by atoms with E-state index >= 15 is 0 Å². The third kappa shape index (κ3) is 6.03. The van der Waals surface area contributed by atoms with Crippen molar-refractivity contribution in [1.29, 1.82) is 0 Å². The van der Waals surface area contributed by atoms with Crippen LogP contribution in [0.2, 0.25) is 0 Å². The van der Waals surface area contributed by atoms with Gasteiger partial charge in [-0.3, -0.25) is 9.63 Å². The summed E-state index contributed by atoms with van der Waals surface area (Å²) in [5, 5.41) is 0. The first-order chi connectivity index (χ1) is 9.43. The number of ether oxygens (including phenoxy) is 1. The number of amides is 1. The first-order valence-corrected chi connectivity index (χ1v) is 8.16. The van der Waals surface area contributed by atoms with Crippen LogP contribution in [0.25, 0.3) is 0 Å². The largest absolute Gasteiger partial charge is 0.494 e. The molecule has 0 heterocycles. The smallest absolute Gasteiger partial charge is 0.243 e. The molecule has 0 aliphatic heterocycles. The van der Waals surface area contributed by atoms with Crippen molar-refractivity contribution in [3.63, 3.8) is 0 Å².